The molecule has 0 amide bonds. The van der Waals surface area contributed by atoms with Crippen molar-refractivity contribution in [3.63, 3.8) is 0 Å². The van der Waals surface area contributed by atoms with Crippen molar-refractivity contribution < 1.29 is 0 Å². The van der Waals surface area contributed by atoms with Gasteiger partial charge < -0.3 is 0 Å². The molecule has 0 atom stereocenters. The lowest BCUT2D eigenvalue weighted by Gasteiger charge is -1.91. The summed E-state index contributed by atoms with van der Waals surface area (Å²) in [6, 6.07) is 0. The fourth-order valence-electron chi connectivity index (χ4n) is 0.219. The predicted molar refractivity (Wildman–Crippen MR) is 40.2 cm³/mol. The molecule has 0 aromatic heterocycles. The minimum atomic E-state index is -0.156. The van der Waals surface area contributed by atoms with E-state index >= 15 is 0 Å². The van der Waals surface area contributed by atoms with E-state index in [4.69, 9.17) is 28.6 Å². The van der Waals surface area contributed by atoms with Crippen LogP contribution in [0.4, 0.5) is 0 Å². The first-order chi connectivity index (χ1) is 4.16. The van der Waals surface area contributed by atoms with Crippen LogP contribution in [0, 0.1) is 5.41 Å². The SMILES string of the molecule is C=NN/C(Cl)=C\C(=N)Cl. The molecule has 0 aliphatic heterocycles. The maximum absolute atomic E-state index is 6.71. The van der Waals surface area contributed by atoms with Crippen molar-refractivity contribution in [1.29, 1.82) is 5.41 Å². The molecule has 0 spiro atoms. The highest BCUT2D eigenvalue weighted by Crippen LogP contribution is 1.96. The van der Waals surface area contributed by atoms with E-state index in [1.165, 1.54) is 6.08 Å². The summed E-state index contributed by atoms with van der Waals surface area (Å²) in [5, 5.41) is 9.95. The van der Waals surface area contributed by atoms with Gasteiger partial charge in [0.05, 0.1) is 0 Å². The van der Waals surface area contributed by atoms with E-state index in [9.17, 15) is 0 Å². The normalized spacial score (nSPS) is 10.7. The maximum Gasteiger partial charge on any atom is 0.125 e. The maximum atomic E-state index is 6.71. The predicted octanol–water partition coefficient (Wildman–Crippen LogP) is 1.49. The lowest BCUT2D eigenvalue weighted by atomic mass is 10.7. The molecule has 0 aliphatic rings. The van der Waals surface area contributed by atoms with Crippen LogP contribution < -0.4 is 5.43 Å². The molecule has 0 rings (SSSR count). The lowest BCUT2D eigenvalue weighted by Crippen LogP contribution is -1.98. The number of halogens is 2. The molecule has 3 nitrogen and oxygen atoms in total. The Balaban J connectivity index is 3.83. The summed E-state index contributed by atoms with van der Waals surface area (Å²) >= 11 is 10.5. The van der Waals surface area contributed by atoms with Crippen LogP contribution in [-0.2, 0) is 0 Å². The smallest absolute Gasteiger partial charge is 0.125 e. The summed E-state index contributed by atoms with van der Waals surface area (Å²) in [6.07, 6.45) is 1.21. The van der Waals surface area contributed by atoms with Crippen molar-refractivity contribution >= 4 is 35.1 Å². The van der Waals surface area contributed by atoms with Gasteiger partial charge in [-0.3, -0.25) is 10.8 Å². The van der Waals surface area contributed by atoms with Crippen molar-refractivity contribution in [3.8, 4) is 0 Å². The third-order valence-corrected chi connectivity index (χ3v) is 0.742. The Morgan fingerprint density at radius 3 is 2.56 bits per heavy atom. The zero-order valence-corrected chi connectivity index (χ0v) is 6.00. The molecule has 0 saturated heterocycles. The highest BCUT2D eigenvalue weighted by Gasteiger charge is 1.87. The van der Waals surface area contributed by atoms with Gasteiger partial charge in [-0.1, -0.05) is 23.2 Å². The average Bonchev–Trinajstić information content (AvgIpc) is 1.63. The number of allylic oxidation sites excluding steroid dienone is 1. The molecule has 0 heterocycles. The Morgan fingerprint density at radius 2 is 2.22 bits per heavy atom. The van der Waals surface area contributed by atoms with Gasteiger partial charge in [0.2, 0.25) is 0 Å². The van der Waals surface area contributed by atoms with E-state index in [-0.39, 0.29) is 10.3 Å². The molecule has 2 N–H and O–H groups in total. The number of nitrogens with one attached hydrogen (secondary N) is 2. The van der Waals surface area contributed by atoms with Crippen molar-refractivity contribution in [2.24, 2.45) is 5.10 Å². The topological polar surface area (TPSA) is 48.2 Å². The molecule has 0 unspecified atom stereocenters. The van der Waals surface area contributed by atoms with Gasteiger partial charge in [0.1, 0.15) is 10.3 Å². The van der Waals surface area contributed by atoms with Gasteiger partial charge >= 0.3 is 0 Å². The Bertz CT molecular complexity index is 152. The Morgan fingerprint density at radius 1 is 1.67 bits per heavy atom. The molecule has 0 radical (unpaired) electrons. The van der Waals surface area contributed by atoms with Crippen molar-refractivity contribution in [2.75, 3.05) is 0 Å². The van der Waals surface area contributed by atoms with Crippen LogP contribution in [0.25, 0.3) is 0 Å². The molecule has 50 valence electrons. The van der Waals surface area contributed by atoms with Gasteiger partial charge in [0.15, 0.2) is 0 Å². The minimum absolute atomic E-state index is 0.156. The van der Waals surface area contributed by atoms with Gasteiger partial charge in [0, 0.05) is 12.8 Å². The Hall–Kier alpha value is -0.540. The summed E-state index contributed by atoms with van der Waals surface area (Å²) in [7, 11) is 0. The van der Waals surface area contributed by atoms with E-state index in [0.717, 1.165) is 0 Å². The van der Waals surface area contributed by atoms with Crippen LogP contribution in [0.2, 0.25) is 0 Å². The van der Waals surface area contributed by atoms with Crippen molar-refractivity contribution in [2.45, 2.75) is 0 Å². The lowest BCUT2D eigenvalue weighted by molar-refractivity contribution is 0.960. The first-order valence-electron chi connectivity index (χ1n) is 2.00. The van der Waals surface area contributed by atoms with E-state index in [0.29, 0.717) is 0 Å². The number of hydrogen-bond acceptors (Lipinski definition) is 3. The van der Waals surface area contributed by atoms with Crippen LogP contribution in [0.5, 0.6) is 0 Å². The average molecular weight is 166 g/mol. The van der Waals surface area contributed by atoms with Crippen molar-refractivity contribution in [3.05, 3.63) is 11.2 Å². The molecule has 0 fully saturated rings. The van der Waals surface area contributed by atoms with E-state index in [1.54, 1.807) is 0 Å². The third-order valence-electron chi connectivity index (χ3n) is 0.439. The number of rotatable bonds is 3. The van der Waals surface area contributed by atoms with E-state index < -0.39 is 0 Å². The number of nitrogens with zero attached hydrogens (tertiary/aromatic N) is 1. The molecular formula is C4H5Cl2N3. The standard InChI is InChI=1S/C4H5Cl2N3/c1-8-9-4(6)2-3(5)7/h2,7,9H,1H2/b4-2-,7-3?. The van der Waals surface area contributed by atoms with Gasteiger partial charge in [-0.05, 0) is 0 Å². The molecule has 0 saturated carbocycles. The minimum Gasteiger partial charge on any atom is -0.289 e. The quantitative estimate of drug-likeness (QED) is 0.372. The molecule has 0 bridgehead atoms. The van der Waals surface area contributed by atoms with Gasteiger partial charge in [-0.15, -0.1) is 0 Å². The molecule has 0 aromatic carbocycles. The van der Waals surface area contributed by atoms with Crippen LogP contribution in [0.3, 0.4) is 0 Å². The fourth-order valence-corrected chi connectivity index (χ4v) is 0.553. The van der Waals surface area contributed by atoms with Gasteiger partial charge in [0.25, 0.3) is 0 Å². The highest BCUT2D eigenvalue weighted by molar-refractivity contribution is 6.68. The summed E-state index contributed by atoms with van der Waals surface area (Å²) in [5.41, 5.74) is 2.29. The molecule has 0 aromatic rings. The van der Waals surface area contributed by atoms with E-state index in [1.807, 2.05) is 0 Å². The molecule has 0 aliphatic carbocycles. The second kappa shape index (κ2) is 4.35. The number of hydrogen-bond donors (Lipinski definition) is 2. The molecular weight excluding hydrogens is 161 g/mol. The Labute approximate surface area is 62.9 Å². The Kier molecular flexibility index (Phi) is 4.09. The zero-order chi connectivity index (χ0) is 7.28. The number of hydrazone groups is 1. The second-order valence-corrected chi connectivity index (χ2v) is 1.92. The first-order valence-corrected chi connectivity index (χ1v) is 2.75. The second-order valence-electron chi connectivity index (χ2n) is 1.11. The van der Waals surface area contributed by atoms with E-state index in [2.05, 4.69) is 17.2 Å². The summed E-state index contributed by atoms with van der Waals surface area (Å²) in [5.74, 6) is 0. The van der Waals surface area contributed by atoms with Crippen LogP contribution in [-0.4, -0.2) is 11.9 Å². The largest absolute Gasteiger partial charge is 0.289 e. The third kappa shape index (κ3) is 5.33. The first kappa shape index (κ1) is 8.46. The zero-order valence-electron chi connectivity index (χ0n) is 4.49. The summed E-state index contributed by atoms with van der Waals surface area (Å²) in [4.78, 5) is 0. The van der Waals surface area contributed by atoms with Gasteiger partial charge in [-0.2, -0.15) is 5.10 Å². The summed E-state index contributed by atoms with van der Waals surface area (Å²) < 4.78 is 0. The van der Waals surface area contributed by atoms with Crippen molar-refractivity contribution in [1.82, 2.24) is 5.43 Å². The van der Waals surface area contributed by atoms with Crippen LogP contribution >= 0.6 is 23.2 Å². The van der Waals surface area contributed by atoms with Crippen LogP contribution in [0.15, 0.2) is 16.3 Å². The molecule has 5 heteroatoms. The monoisotopic (exact) mass is 165 g/mol. The fraction of sp³-hybridized carbons (Fsp3) is 0. The highest BCUT2D eigenvalue weighted by atomic mass is 35.5. The molecule has 9 heavy (non-hydrogen) atoms. The van der Waals surface area contributed by atoms with Gasteiger partial charge in [-0.25, -0.2) is 0 Å². The summed E-state index contributed by atoms with van der Waals surface area (Å²) in [6.45, 7) is 3.11. The van der Waals surface area contributed by atoms with Crippen LogP contribution in [0.1, 0.15) is 0 Å².